The number of nitrogens with one attached hydrogen (secondary N) is 1. The van der Waals surface area contributed by atoms with E-state index in [0.29, 0.717) is 34.6 Å². The summed E-state index contributed by atoms with van der Waals surface area (Å²) in [7, 11) is -1.59. The largest absolute Gasteiger partial charge is 0.449 e. The van der Waals surface area contributed by atoms with Crippen molar-refractivity contribution < 1.29 is 17.9 Å². The molecule has 0 radical (unpaired) electrons. The molecule has 32 heavy (non-hydrogen) atoms. The molecule has 2 aromatic heterocycles. The van der Waals surface area contributed by atoms with Crippen molar-refractivity contribution in [3.63, 3.8) is 0 Å². The first-order valence-corrected chi connectivity index (χ1v) is 12.8. The Bertz CT molecular complexity index is 1360. The number of nitrogens with zero attached hydrogens (tertiary/aromatic N) is 2. The van der Waals surface area contributed by atoms with Gasteiger partial charge in [0.05, 0.1) is 24.6 Å². The lowest BCUT2D eigenvalue weighted by atomic mass is 9.99. The first-order valence-electron chi connectivity index (χ1n) is 10.2. The lowest BCUT2D eigenvalue weighted by Gasteiger charge is -2.23. The van der Waals surface area contributed by atoms with E-state index in [1.165, 1.54) is 15.7 Å². The van der Waals surface area contributed by atoms with Crippen molar-refractivity contribution in [3.05, 3.63) is 52.1 Å². The summed E-state index contributed by atoms with van der Waals surface area (Å²) < 4.78 is 30.7. The van der Waals surface area contributed by atoms with E-state index in [2.05, 4.69) is 4.98 Å². The Morgan fingerprint density at radius 3 is 2.75 bits per heavy atom. The third-order valence-electron chi connectivity index (χ3n) is 5.46. The Morgan fingerprint density at radius 2 is 2.03 bits per heavy atom. The Kier molecular flexibility index (Phi) is 6.05. The number of pyridine rings is 1. The summed E-state index contributed by atoms with van der Waals surface area (Å²) in [6, 6.07) is 5.21. The van der Waals surface area contributed by atoms with Crippen molar-refractivity contribution in [2.24, 2.45) is 7.05 Å². The molecule has 1 amide bonds. The summed E-state index contributed by atoms with van der Waals surface area (Å²) in [6.07, 6.45) is 5.52. The SMILES string of the molecule is Cn1cc2c3c(c[nH]c3c1=O)CN(C(=O)OCCCCCl)c1ccc(CS(C)(=O)=O)cc1-2. The van der Waals surface area contributed by atoms with Crippen molar-refractivity contribution in [1.29, 1.82) is 0 Å². The van der Waals surface area contributed by atoms with E-state index in [-0.39, 0.29) is 24.5 Å². The van der Waals surface area contributed by atoms with Gasteiger partial charge in [0, 0.05) is 48.1 Å². The molecular formula is C22H24ClN3O5S. The van der Waals surface area contributed by atoms with Crippen LogP contribution in [0.2, 0.25) is 0 Å². The van der Waals surface area contributed by atoms with E-state index >= 15 is 0 Å². The zero-order valence-electron chi connectivity index (χ0n) is 17.9. The van der Waals surface area contributed by atoms with Gasteiger partial charge in [-0.2, -0.15) is 0 Å². The lowest BCUT2D eigenvalue weighted by molar-refractivity contribution is 0.151. The molecule has 0 saturated carbocycles. The molecule has 3 aromatic rings. The second-order valence-corrected chi connectivity index (χ2v) is 10.6. The summed E-state index contributed by atoms with van der Waals surface area (Å²) in [6.45, 7) is 0.464. The quantitative estimate of drug-likeness (QED) is 0.432. The van der Waals surface area contributed by atoms with Gasteiger partial charge in [-0.05, 0) is 36.1 Å². The van der Waals surface area contributed by atoms with Crippen LogP contribution in [0.4, 0.5) is 10.5 Å². The van der Waals surface area contributed by atoms with E-state index < -0.39 is 15.9 Å². The number of H-pyrrole nitrogens is 1. The van der Waals surface area contributed by atoms with Crippen molar-refractivity contribution in [2.45, 2.75) is 25.1 Å². The van der Waals surface area contributed by atoms with Crippen LogP contribution in [0, 0.1) is 0 Å². The highest BCUT2D eigenvalue weighted by Crippen LogP contribution is 2.41. The number of sulfone groups is 1. The number of alkyl halides is 1. The number of aromatic amines is 1. The van der Waals surface area contributed by atoms with E-state index in [1.807, 2.05) is 0 Å². The Labute approximate surface area is 190 Å². The van der Waals surface area contributed by atoms with Gasteiger partial charge in [0.2, 0.25) is 0 Å². The van der Waals surface area contributed by atoms with Gasteiger partial charge in [-0.25, -0.2) is 13.2 Å². The summed E-state index contributed by atoms with van der Waals surface area (Å²) in [5.41, 5.74) is 3.66. The predicted octanol–water partition coefficient (Wildman–Crippen LogP) is 3.55. The van der Waals surface area contributed by atoms with Crippen LogP contribution in [0.15, 0.2) is 35.4 Å². The molecular weight excluding hydrogens is 454 g/mol. The number of halogens is 1. The minimum absolute atomic E-state index is 0.127. The number of carbonyl (C=O) groups is 1. The average Bonchev–Trinajstić information content (AvgIpc) is 3.09. The number of carbonyl (C=O) groups excluding carboxylic acids is 1. The van der Waals surface area contributed by atoms with Gasteiger partial charge in [0.25, 0.3) is 5.56 Å². The molecule has 8 nitrogen and oxygen atoms in total. The van der Waals surface area contributed by atoms with Crippen LogP contribution in [0.3, 0.4) is 0 Å². The molecule has 1 aliphatic rings. The average molecular weight is 478 g/mol. The minimum atomic E-state index is -3.25. The number of ether oxygens (including phenoxy) is 1. The number of aryl methyl sites for hydroxylation is 1. The summed E-state index contributed by atoms with van der Waals surface area (Å²) in [5, 5.41) is 0.725. The van der Waals surface area contributed by atoms with Crippen LogP contribution in [-0.4, -0.2) is 42.8 Å². The molecule has 0 saturated heterocycles. The number of fused-ring (bicyclic) bond motifs is 2. The topological polar surface area (TPSA) is 101 Å². The maximum absolute atomic E-state index is 13.0. The highest BCUT2D eigenvalue weighted by Gasteiger charge is 2.29. The van der Waals surface area contributed by atoms with Crippen LogP contribution in [0.5, 0.6) is 0 Å². The van der Waals surface area contributed by atoms with Crippen LogP contribution in [-0.2, 0) is 33.9 Å². The fraction of sp³-hybridized carbons (Fsp3) is 0.364. The van der Waals surface area contributed by atoms with Gasteiger partial charge in [-0.3, -0.25) is 9.69 Å². The molecule has 0 aliphatic carbocycles. The van der Waals surface area contributed by atoms with Crippen molar-refractivity contribution in [3.8, 4) is 11.1 Å². The molecule has 0 spiro atoms. The number of unbranched alkanes of at least 4 members (excludes halogenated alkanes) is 1. The van der Waals surface area contributed by atoms with Crippen molar-refractivity contribution in [2.75, 3.05) is 23.6 Å². The highest BCUT2D eigenvalue weighted by molar-refractivity contribution is 7.89. The van der Waals surface area contributed by atoms with Gasteiger partial charge in [0.15, 0.2) is 9.84 Å². The Hall–Kier alpha value is -2.78. The van der Waals surface area contributed by atoms with Gasteiger partial charge in [0.1, 0.15) is 5.52 Å². The Morgan fingerprint density at radius 1 is 1.25 bits per heavy atom. The van der Waals surface area contributed by atoms with Crippen molar-refractivity contribution >= 4 is 44.1 Å². The molecule has 3 heterocycles. The summed E-state index contributed by atoms with van der Waals surface area (Å²) in [4.78, 5) is 30.2. The summed E-state index contributed by atoms with van der Waals surface area (Å²) in [5.74, 6) is 0.371. The second-order valence-electron chi connectivity index (χ2n) is 8.04. The third kappa shape index (κ3) is 4.27. The molecule has 4 rings (SSSR count). The standard InChI is InChI=1S/C22H24ClN3O5S/c1-25-12-17-16-9-14(13-32(2,29)30)5-6-18(16)26(22(28)31-8-4-3-7-23)11-15-10-24-20(19(15)17)21(25)27/h5-6,9-10,12,24H,3-4,7-8,11,13H2,1-2H3. The van der Waals surface area contributed by atoms with Crippen LogP contribution in [0.1, 0.15) is 24.0 Å². The molecule has 0 bridgehead atoms. The van der Waals surface area contributed by atoms with E-state index in [9.17, 15) is 18.0 Å². The molecule has 1 aromatic carbocycles. The van der Waals surface area contributed by atoms with E-state index in [4.69, 9.17) is 16.3 Å². The van der Waals surface area contributed by atoms with Crippen molar-refractivity contribution in [1.82, 2.24) is 9.55 Å². The minimum Gasteiger partial charge on any atom is -0.449 e. The number of benzene rings is 1. The second kappa shape index (κ2) is 8.63. The van der Waals surface area contributed by atoms with Gasteiger partial charge in [-0.1, -0.05) is 6.07 Å². The summed E-state index contributed by atoms with van der Waals surface area (Å²) >= 11 is 5.70. The fourth-order valence-electron chi connectivity index (χ4n) is 4.04. The van der Waals surface area contributed by atoms with Crippen LogP contribution in [0.25, 0.3) is 22.0 Å². The number of amides is 1. The number of anilines is 1. The number of hydrogen-bond donors (Lipinski definition) is 1. The number of aromatic nitrogens is 2. The first kappa shape index (κ1) is 22.4. The monoisotopic (exact) mass is 477 g/mol. The zero-order chi connectivity index (χ0) is 23.0. The van der Waals surface area contributed by atoms with Gasteiger partial charge < -0.3 is 14.3 Å². The smallest absolute Gasteiger partial charge is 0.414 e. The molecule has 0 unspecified atom stereocenters. The third-order valence-corrected chi connectivity index (χ3v) is 6.59. The molecule has 1 N–H and O–H groups in total. The van der Waals surface area contributed by atoms with Gasteiger partial charge in [-0.15, -0.1) is 11.6 Å². The molecule has 1 aliphatic heterocycles. The lowest BCUT2D eigenvalue weighted by Crippen LogP contribution is -2.31. The maximum atomic E-state index is 13.0. The molecule has 10 heteroatoms. The van der Waals surface area contributed by atoms with E-state index in [0.717, 1.165) is 22.9 Å². The molecule has 0 fully saturated rings. The Balaban J connectivity index is 1.87. The normalized spacial score (nSPS) is 13.2. The van der Waals surface area contributed by atoms with Crippen LogP contribution < -0.4 is 10.5 Å². The fourth-order valence-corrected chi connectivity index (χ4v) is 5.02. The zero-order valence-corrected chi connectivity index (χ0v) is 19.4. The molecule has 170 valence electrons. The van der Waals surface area contributed by atoms with Gasteiger partial charge >= 0.3 is 6.09 Å². The highest BCUT2D eigenvalue weighted by atomic mass is 35.5. The predicted molar refractivity (Wildman–Crippen MR) is 125 cm³/mol. The van der Waals surface area contributed by atoms with E-state index in [1.54, 1.807) is 37.6 Å². The number of hydrogen-bond acceptors (Lipinski definition) is 5. The maximum Gasteiger partial charge on any atom is 0.414 e. The molecule has 0 atom stereocenters. The first-order chi connectivity index (χ1) is 15.2. The number of rotatable bonds is 6. The van der Waals surface area contributed by atoms with Crippen LogP contribution >= 0.6 is 11.6 Å².